The van der Waals surface area contributed by atoms with Crippen molar-refractivity contribution in [3.8, 4) is 11.5 Å². The zero-order chi connectivity index (χ0) is 24.3. The molecule has 1 saturated carbocycles. The number of methoxy groups -OCH3 is 1. The van der Waals surface area contributed by atoms with Crippen molar-refractivity contribution in [1.29, 1.82) is 0 Å². The highest BCUT2D eigenvalue weighted by atomic mass is 16.5. The van der Waals surface area contributed by atoms with Gasteiger partial charge in [-0.2, -0.15) is 0 Å². The summed E-state index contributed by atoms with van der Waals surface area (Å²) in [6.45, 7) is 7.74. The average Bonchev–Trinajstić information content (AvgIpc) is 3.61. The Labute approximate surface area is 202 Å². The summed E-state index contributed by atoms with van der Waals surface area (Å²) >= 11 is 0. The first-order valence-electron chi connectivity index (χ1n) is 12.2. The number of rotatable bonds is 10. The van der Waals surface area contributed by atoms with Gasteiger partial charge >= 0.3 is 0 Å². The van der Waals surface area contributed by atoms with E-state index in [4.69, 9.17) is 14.2 Å². The third-order valence-corrected chi connectivity index (χ3v) is 7.45. The van der Waals surface area contributed by atoms with Crippen LogP contribution in [0.25, 0.3) is 0 Å². The van der Waals surface area contributed by atoms with E-state index in [9.17, 15) is 9.90 Å². The van der Waals surface area contributed by atoms with Crippen LogP contribution < -0.4 is 9.47 Å². The van der Waals surface area contributed by atoms with Crippen molar-refractivity contribution in [2.75, 3.05) is 26.8 Å². The summed E-state index contributed by atoms with van der Waals surface area (Å²) in [4.78, 5) is 15.1. The van der Waals surface area contributed by atoms with Crippen molar-refractivity contribution in [3.05, 3.63) is 59.7 Å². The Morgan fingerprint density at radius 1 is 1.15 bits per heavy atom. The largest absolute Gasteiger partial charge is 0.493 e. The highest BCUT2D eigenvalue weighted by Crippen LogP contribution is 2.47. The zero-order valence-corrected chi connectivity index (χ0v) is 20.7. The number of ether oxygens (including phenoxy) is 3. The number of aliphatic hydroxyl groups excluding tert-OH is 1. The van der Waals surface area contributed by atoms with Crippen molar-refractivity contribution in [3.63, 3.8) is 0 Å². The number of hydrogen-bond donors (Lipinski definition) is 1. The van der Waals surface area contributed by atoms with Gasteiger partial charge in [0.15, 0.2) is 11.5 Å². The van der Waals surface area contributed by atoms with Crippen molar-refractivity contribution < 1.29 is 24.1 Å². The molecule has 2 aromatic carbocycles. The topological polar surface area (TPSA) is 68.2 Å². The van der Waals surface area contributed by atoms with E-state index in [2.05, 4.69) is 6.92 Å². The molecule has 0 unspecified atom stereocenters. The van der Waals surface area contributed by atoms with Crippen LogP contribution in [0.2, 0.25) is 0 Å². The van der Waals surface area contributed by atoms with E-state index in [1.54, 1.807) is 14.0 Å². The standard InChI is InChI=1S/C28H37NO5/c1-19(33-16-21-8-6-5-7-9-21)27(31)29-15-24(28(3,18-29)20(2)30)23-12-13-25(32-4)26(14-23)34-17-22-10-11-22/h5-9,12-14,19-20,22,24,30H,10-11,15-18H2,1-4H3/t19-,20+,24-,28-/m0/s1. The molecule has 0 spiro atoms. The third kappa shape index (κ3) is 5.39. The monoisotopic (exact) mass is 467 g/mol. The van der Waals surface area contributed by atoms with E-state index >= 15 is 0 Å². The number of amides is 1. The second-order valence-corrected chi connectivity index (χ2v) is 10.1. The van der Waals surface area contributed by atoms with Gasteiger partial charge in [-0.1, -0.05) is 43.3 Å². The Morgan fingerprint density at radius 2 is 1.88 bits per heavy atom. The summed E-state index contributed by atoms with van der Waals surface area (Å²) in [5.74, 6) is 1.98. The fourth-order valence-electron chi connectivity index (χ4n) is 4.73. The Bertz CT molecular complexity index is 974. The molecule has 1 saturated heterocycles. The summed E-state index contributed by atoms with van der Waals surface area (Å²) in [5.41, 5.74) is 1.59. The van der Waals surface area contributed by atoms with Crippen LogP contribution in [0.4, 0.5) is 0 Å². The minimum Gasteiger partial charge on any atom is -0.493 e. The Morgan fingerprint density at radius 3 is 2.53 bits per heavy atom. The Kier molecular flexibility index (Phi) is 7.48. The minimum atomic E-state index is -0.589. The molecule has 2 fully saturated rings. The summed E-state index contributed by atoms with van der Waals surface area (Å²) < 4.78 is 17.5. The van der Waals surface area contributed by atoms with Crippen molar-refractivity contribution >= 4 is 5.91 Å². The van der Waals surface area contributed by atoms with Crippen LogP contribution in [0.1, 0.15) is 50.7 Å². The van der Waals surface area contributed by atoms with Gasteiger partial charge in [0.25, 0.3) is 5.91 Å². The molecule has 2 aliphatic rings. The SMILES string of the molecule is COc1ccc([C@@H]2CN(C(=O)[C@H](C)OCc3ccccc3)C[C@@]2(C)[C@@H](C)O)cc1OCC1CC1. The number of nitrogens with zero attached hydrogens (tertiary/aromatic N) is 1. The third-order valence-electron chi connectivity index (χ3n) is 7.45. The van der Waals surface area contributed by atoms with Crippen LogP contribution in [-0.2, 0) is 16.1 Å². The Hall–Kier alpha value is -2.57. The molecule has 6 nitrogen and oxygen atoms in total. The second kappa shape index (κ2) is 10.4. The van der Waals surface area contributed by atoms with E-state index in [1.165, 1.54) is 12.8 Å². The molecule has 0 radical (unpaired) electrons. The maximum absolute atomic E-state index is 13.3. The molecule has 1 N–H and O–H groups in total. The second-order valence-electron chi connectivity index (χ2n) is 10.1. The lowest BCUT2D eigenvalue weighted by Gasteiger charge is -2.34. The molecule has 2 aromatic rings. The Balaban J connectivity index is 1.49. The smallest absolute Gasteiger partial charge is 0.251 e. The zero-order valence-electron chi connectivity index (χ0n) is 20.7. The lowest BCUT2D eigenvalue weighted by molar-refractivity contribution is -0.143. The summed E-state index contributed by atoms with van der Waals surface area (Å²) in [7, 11) is 1.64. The van der Waals surface area contributed by atoms with E-state index in [0.717, 1.165) is 16.9 Å². The van der Waals surface area contributed by atoms with Crippen LogP contribution >= 0.6 is 0 Å². The van der Waals surface area contributed by atoms with Gasteiger partial charge < -0.3 is 24.2 Å². The van der Waals surface area contributed by atoms with Crippen LogP contribution in [0.3, 0.4) is 0 Å². The molecule has 4 atom stereocenters. The highest BCUT2D eigenvalue weighted by Gasteiger charge is 2.49. The summed E-state index contributed by atoms with van der Waals surface area (Å²) in [6.07, 6.45) is 1.28. The molecule has 4 rings (SSSR count). The van der Waals surface area contributed by atoms with E-state index in [1.807, 2.05) is 60.4 Å². The molecule has 1 aliphatic carbocycles. The molecule has 1 amide bonds. The molecule has 34 heavy (non-hydrogen) atoms. The van der Waals surface area contributed by atoms with E-state index in [-0.39, 0.29) is 11.8 Å². The number of likely N-dealkylation sites (tertiary alicyclic amines) is 1. The first-order chi connectivity index (χ1) is 16.3. The quantitative estimate of drug-likeness (QED) is 0.561. The molecule has 0 aromatic heterocycles. The van der Waals surface area contributed by atoms with Crippen LogP contribution in [-0.4, -0.2) is 54.9 Å². The van der Waals surface area contributed by atoms with Crippen LogP contribution in [0, 0.1) is 11.3 Å². The predicted octanol–water partition coefficient (Wildman–Crippen LogP) is 4.40. The minimum absolute atomic E-state index is 0.0352. The molecule has 1 aliphatic heterocycles. The molecule has 0 bridgehead atoms. The van der Waals surface area contributed by atoms with Gasteiger partial charge in [0, 0.05) is 24.4 Å². The maximum Gasteiger partial charge on any atom is 0.251 e. The van der Waals surface area contributed by atoms with Gasteiger partial charge in [-0.05, 0) is 55.9 Å². The molecule has 6 heteroatoms. The van der Waals surface area contributed by atoms with Gasteiger partial charge in [-0.25, -0.2) is 0 Å². The van der Waals surface area contributed by atoms with Gasteiger partial charge in [-0.15, -0.1) is 0 Å². The number of aliphatic hydroxyl groups is 1. The van der Waals surface area contributed by atoms with Crippen molar-refractivity contribution in [1.82, 2.24) is 4.90 Å². The molecule has 1 heterocycles. The summed E-state index contributed by atoms with van der Waals surface area (Å²) in [6, 6.07) is 15.8. The highest BCUT2D eigenvalue weighted by molar-refractivity contribution is 5.81. The van der Waals surface area contributed by atoms with Gasteiger partial charge in [0.05, 0.1) is 26.4 Å². The number of benzene rings is 2. The molecular formula is C28H37NO5. The van der Waals surface area contributed by atoms with Crippen LogP contribution in [0.5, 0.6) is 11.5 Å². The number of hydrogen-bond acceptors (Lipinski definition) is 5. The van der Waals surface area contributed by atoms with Crippen molar-refractivity contribution in [2.45, 2.75) is 58.3 Å². The van der Waals surface area contributed by atoms with Crippen LogP contribution in [0.15, 0.2) is 48.5 Å². The first-order valence-corrected chi connectivity index (χ1v) is 12.2. The van der Waals surface area contributed by atoms with E-state index in [0.29, 0.717) is 38.0 Å². The van der Waals surface area contributed by atoms with E-state index < -0.39 is 17.6 Å². The van der Waals surface area contributed by atoms with Gasteiger partial charge in [0.2, 0.25) is 0 Å². The fourth-order valence-corrected chi connectivity index (χ4v) is 4.73. The predicted molar refractivity (Wildman–Crippen MR) is 131 cm³/mol. The lowest BCUT2D eigenvalue weighted by Crippen LogP contribution is -2.41. The van der Waals surface area contributed by atoms with Gasteiger partial charge in [0.1, 0.15) is 6.10 Å². The average molecular weight is 468 g/mol. The number of carbonyl (C=O) groups is 1. The summed E-state index contributed by atoms with van der Waals surface area (Å²) in [5, 5.41) is 10.8. The molecular weight excluding hydrogens is 430 g/mol. The van der Waals surface area contributed by atoms with Gasteiger partial charge in [-0.3, -0.25) is 4.79 Å². The lowest BCUT2D eigenvalue weighted by atomic mass is 9.72. The first kappa shape index (κ1) is 24.6. The maximum atomic E-state index is 13.3. The normalized spacial score (nSPS) is 24.0. The van der Waals surface area contributed by atoms with Crippen molar-refractivity contribution in [2.24, 2.45) is 11.3 Å². The molecule has 184 valence electrons. The fraction of sp³-hybridized carbons (Fsp3) is 0.536. The number of carbonyl (C=O) groups excluding carboxylic acids is 1.